The van der Waals surface area contributed by atoms with Crippen LogP contribution >= 0.6 is 11.3 Å². The molecule has 9 nitrogen and oxygen atoms in total. The molecule has 2 aromatic carbocycles. The molecule has 36 heavy (non-hydrogen) atoms. The van der Waals surface area contributed by atoms with Gasteiger partial charge < -0.3 is 19.7 Å². The van der Waals surface area contributed by atoms with Gasteiger partial charge in [0.1, 0.15) is 22.1 Å². The summed E-state index contributed by atoms with van der Waals surface area (Å²) in [4.78, 5) is 44.8. The molecule has 1 atom stereocenters. The van der Waals surface area contributed by atoms with Gasteiger partial charge >= 0.3 is 11.9 Å². The van der Waals surface area contributed by atoms with Crippen molar-refractivity contribution in [3.63, 3.8) is 0 Å². The summed E-state index contributed by atoms with van der Waals surface area (Å²) in [6, 6.07) is 9.86. The zero-order chi connectivity index (χ0) is 26.1. The first-order valence-electron chi connectivity index (χ1n) is 11.1. The Morgan fingerprint density at radius 2 is 1.83 bits per heavy atom. The molecule has 1 fully saturated rings. The van der Waals surface area contributed by atoms with E-state index in [1.807, 2.05) is 0 Å². The summed E-state index contributed by atoms with van der Waals surface area (Å²) >= 11 is 0.927. The number of hydrogen-bond donors (Lipinski definition) is 2. The molecule has 0 aliphatic carbocycles. The Balaban J connectivity index is 1.92. The van der Waals surface area contributed by atoms with Crippen molar-refractivity contribution in [3.8, 4) is 11.5 Å². The van der Waals surface area contributed by atoms with E-state index in [0.717, 1.165) is 11.3 Å². The van der Waals surface area contributed by atoms with Crippen LogP contribution in [-0.4, -0.2) is 46.6 Å². The molecule has 2 heterocycles. The van der Waals surface area contributed by atoms with Crippen molar-refractivity contribution in [1.29, 1.82) is 0 Å². The standard InChI is InChI=1S/C26H24N2O7S/c1-5-35-25(33)23-14(3)27-26(36-23)28-20(15-6-8-16(29)9-7-15)19(22(31)24(28)32)21(30)18-11-10-17(34-4)12-13(18)2/h6-12,20,29-30H,5H2,1-4H3/t20-/m0/s1. The van der Waals surface area contributed by atoms with Crippen molar-refractivity contribution in [2.45, 2.75) is 26.8 Å². The highest BCUT2D eigenvalue weighted by atomic mass is 32.1. The molecule has 1 aliphatic heterocycles. The number of carbonyl (C=O) groups is 3. The van der Waals surface area contributed by atoms with Gasteiger partial charge in [-0.3, -0.25) is 14.5 Å². The second-order valence-corrected chi connectivity index (χ2v) is 9.05. The van der Waals surface area contributed by atoms with E-state index in [-0.39, 0.29) is 33.7 Å². The molecule has 2 N–H and O–H groups in total. The fraction of sp³-hybridized carbons (Fsp3) is 0.231. The van der Waals surface area contributed by atoms with Crippen LogP contribution < -0.4 is 9.64 Å². The SMILES string of the molecule is CCOC(=O)c1sc(N2C(=O)C(=O)C(=C(O)c3ccc(OC)cc3C)[C@@H]2c2ccc(O)cc2)nc1C. The fourth-order valence-electron chi connectivity index (χ4n) is 4.05. The van der Waals surface area contributed by atoms with Gasteiger partial charge in [0.2, 0.25) is 0 Å². The summed E-state index contributed by atoms with van der Waals surface area (Å²) in [7, 11) is 1.52. The minimum Gasteiger partial charge on any atom is -0.508 e. The summed E-state index contributed by atoms with van der Waals surface area (Å²) in [6.45, 7) is 5.21. The Kier molecular flexibility index (Phi) is 6.80. The van der Waals surface area contributed by atoms with Crippen molar-refractivity contribution >= 4 is 39.9 Å². The number of anilines is 1. The van der Waals surface area contributed by atoms with Crippen molar-refractivity contribution in [2.24, 2.45) is 0 Å². The number of Topliss-reactive ketones (excluding diaryl/α,β-unsaturated/α-hetero) is 1. The molecule has 4 rings (SSSR count). The van der Waals surface area contributed by atoms with Gasteiger partial charge in [-0.25, -0.2) is 9.78 Å². The first-order valence-corrected chi connectivity index (χ1v) is 11.9. The van der Waals surface area contributed by atoms with Gasteiger partial charge in [0.25, 0.3) is 5.78 Å². The monoisotopic (exact) mass is 508 g/mol. The number of esters is 1. The van der Waals surface area contributed by atoms with E-state index in [0.29, 0.717) is 28.1 Å². The van der Waals surface area contributed by atoms with Crippen molar-refractivity contribution in [2.75, 3.05) is 18.6 Å². The average molecular weight is 509 g/mol. The number of nitrogens with zero attached hydrogens (tertiary/aromatic N) is 2. The highest BCUT2D eigenvalue weighted by Gasteiger charge is 2.48. The molecule has 0 bridgehead atoms. The van der Waals surface area contributed by atoms with E-state index in [2.05, 4.69) is 4.98 Å². The molecule has 1 saturated heterocycles. The molecule has 10 heteroatoms. The van der Waals surface area contributed by atoms with E-state index in [9.17, 15) is 24.6 Å². The fourth-order valence-corrected chi connectivity index (χ4v) is 5.03. The minimum absolute atomic E-state index is 0.00334. The number of amides is 1. The summed E-state index contributed by atoms with van der Waals surface area (Å²) in [5.41, 5.74) is 1.68. The summed E-state index contributed by atoms with van der Waals surface area (Å²) in [6.07, 6.45) is 0. The van der Waals surface area contributed by atoms with Crippen LogP contribution in [0.5, 0.6) is 11.5 Å². The van der Waals surface area contributed by atoms with Crippen LogP contribution in [0.2, 0.25) is 0 Å². The van der Waals surface area contributed by atoms with Gasteiger partial charge in [-0.15, -0.1) is 0 Å². The van der Waals surface area contributed by atoms with Crippen LogP contribution in [0.25, 0.3) is 5.76 Å². The summed E-state index contributed by atoms with van der Waals surface area (Å²) in [5.74, 6) is -2.16. The number of hydrogen-bond acceptors (Lipinski definition) is 9. The molecule has 3 aromatic rings. The van der Waals surface area contributed by atoms with E-state index < -0.39 is 23.7 Å². The smallest absolute Gasteiger partial charge is 0.350 e. The molecular weight excluding hydrogens is 484 g/mol. The zero-order valence-electron chi connectivity index (χ0n) is 20.1. The third-order valence-electron chi connectivity index (χ3n) is 5.79. The highest BCUT2D eigenvalue weighted by Crippen LogP contribution is 2.44. The Morgan fingerprint density at radius 3 is 2.44 bits per heavy atom. The van der Waals surface area contributed by atoms with E-state index in [1.54, 1.807) is 51.1 Å². The van der Waals surface area contributed by atoms with Crippen LogP contribution in [0.1, 0.15) is 45.0 Å². The summed E-state index contributed by atoms with van der Waals surface area (Å²) in [5, 5.41) is 21.2. The lowest BCUT2D eigenvalue weighted by atomic mass is 9.94. The number of ether oxygens (including phenoxy) is 2. The topological polar surface area (TPSA) is 126 Å². The van der Waals surface area contributed by atoms with Crippen LogP contribution in [-0.2, 0) is 14.3 Å². The molecule has 1 aliphatic rings. The van der Waals surface area contributed by atoms with Crippen LogP contribution in [0.3, 0.4) is 0 Å². The maximum atomic E-state index is 13.3. The number of aromatic hydroxyl groups is 1. The number of aromatic nitrogens is 1. The minimum atomic E-state index is -1.05. The molecule has 0 saturated carbocycles. The zero-order valence-corrected chi connectivity index (χ0v) is 20.9. The van der Waals surface area contributed by atoms with E-state index >= 15 is 0 Å². The second kappa shape index (κ2) is 9.82. The van der Waals surface area contributed by atoms with Crippen LogP contribution in [0.15, 0.2) is 48.0 Å². The van der Waals surface area contributed by atoms with Gasteiger partial charge in [0.15, 0.2) is 5.13 Å². The lowest BCUT2D eigenvalue weighted by Gasteiger charge is -2.23. The molecule has 1 aromatic heterocycles. The predicted molar refractivity (Wildman–Crippen MR) is 133 cm³/mol. The summed E-state index contributed by atoms with van der Waals surface area (Å²) < 4.78 is 10.3. The number of carbonyl (C=O) groups excluding carboxylic acids is 3. The third kappa shape index (κ3) is 4.31. The van der Waals surface area contributed by atoms with Gasteiger partial charge in [0, 0.05) is 5.56 Å². The molecule has 0 spiro atoms. The number of rotatable bonds is 6. The Morgan fingerprint density at radius 1 is 1.14 bits per heavy atom. The maximum absolute atomic E-state index is 13.3. The number of aliphatic hydroxyl groups is 1. The number of methoxy groups -OCH3 is 1. The van der Waals surface area contributed by atoms with Gasteiger partial charge in [-0.05, 0) is 62.2 Å². The quantitative estimate of drug-likeness (QED) is 0.219. The lowest BCUT2D eigenvalue weighted by molar-refractivity contribution is -0.132. The molecule has 0 radical (unpaired) electrons. The first-order chi connectivity index (χ1) is 17.2. The Hall–Kier alpha value is -4.18. The maximum Gasteiger partial charge on any atom is 0.350 e. The van der Waals surface area contributed by atoms with Crippen LogP contribution in [0, 0.1) is 13.8 Å². The Labute approximate surface area is 211 Å². The van der Waals surface area contributed by atoms with Gasteiger partial charge in [0.05, 0.1) is 31.0 Å². The average Bonchev–Trinajstić information content (AvgIpc) is 3.36. The van der Waals surface area contributed by atoms with Crippen molar-refractivity contribution in [3.05, 3.63) is 75.3 Å². The van der Waals surface area contributed by atoms with Gasteiger partial charge in [-0.1, -0.05) is 23.5 Å². The number of phenols is 1. The molecular formula is C26H24N2O7S. The number of phenolic OH excluding ortho intramolecular Hbond substituents is 1. The second-order valence-electron chi connectivity index (χ2n) is 8.07. The van der Waals surface area contributed by atoms with Crippen molar-refractivity contribution in [1.82, 2.24) is 4.98 Å². The normalized spacial score (nSPS) is 16.9. The third-order valence-corrected chi connectivity index (χ3v) is 6.93. The van der Waals surface area contributed by atoms with Gasteiger partial charge in [-0.2, -0.15) is 0 Å². The molecule has 1 amide bonds. The van der Waals surface area contributed by atoms with Crippen LogP contribution in [0.4, 0.5) is 5.13 Å². The first kappa shape index (κ1) is 24.9. The largest absolute Gasteiger partial charge is 0.508 e. The highest BCUT2D eigenvalue weighted by molar-refractivity contribution is 7.17. The lowest BCUT2D eigenvalue weighted by Crippen LogP contribution is -2.29. The van der Waals surface area contributed by atoms with E-state index in [1.165, 1.54) is 24.1 Å². The van der Waals surface area contributed by atoms with E-state index in [4.69, 9.17) is 9.47 Å². The number of aryl methyl sites for hydroxylation is 2. The number of ketones is 1. The predicted octanol–water partition coefficient (Wildman–Crippen LogP) is 4.28. The number of benzene rings is 2. The molecule has 186 valence electrons. The molecule has 0 unspecified atom stereocenters. The number of thiazole rings is 1. The van der Waals surface area contributed by atoms with Crippen molar-refractivity contribution < 1.29 is 34.1 Å². The number of aliphatic hydroxyl groups excluding tert-OH is 1. The Bertz CT molecular complexity index is 1390.